The van der Waals surface area contributed by atoms with Crippen molar-refractivity contribution in [2.24, 2.45) is 0 Å². The van der Waals surface area contributed by atoms with Gasteiger partial charge in [-0.25, -0.2) is 4.79 Å². The number of benzene rings is 2. The minimum absolute atomic E-state index is 0.0698. The molecule has 34 heavy (non-hydrogen) atoms. The second kappa shape index (κ2) is 9.88. The van der Waals surface area contributed by atoms with Gasteiger partial charge in [0.1, 0.15) is 18.1 Å². The highest BCUT2D eigenvalue weighted by Crippen LogP contribution is 2.34. The van der Waals surface area contributed by atoms with Crippen LogP contribution in [0.4, 0.5) is 10.5 Å². The minimum Gasteiger partial charge on any atom is -0.478 e. The summed E-state index contributed by atoms with van der Waals surface area (Å²) < 4.78 is 6.55. The number of imide groups is 1. The summed E-state index contributed by atoms with van der Waals surface area (Å²) >= 11 is 9.90. The molecule has 0 bridgehead atoms. The summed E-state index contributed by atoms with van der Waals surface area (Å²) in [5.41, 5.74) is 0.950. The van der Waals surface area contributed by atoms with Gasteiger partial charge in [0, 0.05) is 21.8 Å². The molecule has 1 aliphatic heterocycles. The average Bonchev–Trinajstić information content (AvgIpc) is 3.36. The van der Waals surface area contributed by atoms with Crippen molar-refractivity contribution < 1.29 is 28.7 Å². The minimum atomic E-state index is -1.17. The van der Waals surface area contributed by atoms with Gasteiger partial charge in [-0.3, -0.25) is 19.3 Å². The number of thioether (sulfide) groups is 1. The van der Waals surface area contributed by atoms with Gasteiger partial charge < -0.3 is 14.8 Å². The van der Waals surface area contributed by atoms with Crippen molar-refractivity contribution in [1.82, 2.24) is 4.90 Å². The summed E-state index contributed by atoms with van der Waals surface area (Å²) in [5, 5.41) is 11.4. The van der Waals surface area contributed by atoms with E-state index in [1.54, 1.807) is 42.5 Å². The second-order valence-electron chi connectivity index (χ2n) is 7.02. The molecule has 0 aliphatic carbocycles. The van der Waals surface area contributed by atoms with Crippen LogP contribution in [0.5, 0.6) is 0 Å². The third kappa shape index (κ3) is 5.24. The molecule has 3 aromatic rings. The van der Waals surface area contributed by atoms with E-state index in [0.717, 1.165) is 9.37 Å². The Bertz CT molecular complexity index is 1350. The molecular formula is C23H14BrClN2O6S. The predicted molar refractivity (Wildman–Crippen MR) is 132 cm³/mol. The van der Waals surface area contributed by atoms with E-state index >= 15 is 0 Å². The van der Waals surface area contributed by atoms with Crippen LogP contribution >= 0.6 is 39.3 Å². The van der Waals surface area contributed by atoms with Crippen LogP contribution in [0.15, 0.2) is 68.4 Å². The first-order valence-electron chi connectivity index (χ1n) is 9.65. The maximum Gasteiger partial charge on any atom is 0.337 e. The molecule has 1 aromatic heterocycles. The Morgan fingerprint density at radius 1 is 1.12 bits per heavy atom. The fourth-order valence-corrected chi connectivity index (χ4v) is 4.35. The number of rotatable bonds is 6. The number of halogens is 2. The van der Waals surface area contributed by atoms with Gasteiger partial charge in [0.2, 0.25) is 5.91 Å². The molecule has 1 fully saturated rings. The van der Waals surface area contributed by atoms with Gasteiger partial charge in [0.15, 0.2) is 0 Å². The molecule has 0 spiro atoms. The van der Waals surface area contributed by atoms with Crippen LogP contribution in [-0.2, 0) is 9.59 Å². The fourth-order valence-electron chi connectivity index (χ4n) is 3.07. The monoisotopic (exact) mass is 560 g/mol. The zero-order chi connectivity index (χ0) is 24.4. The first kappa shape index (κ1) is 23.8. The van der Waals surface area contributed by atoms with E-state index in [-0.39, 0.29) is 21.3 Å². The molecule has 2 aromatic carbocycles. The van der Waals surface area contributed by atoms with Crippen molar-refractivity contribution in [3.8, 4) is 11.3 Å². The number of carboxylic acids is 1. The van der Waals surface area contributed by atoms with Gasteiger partial charge in [0.25, 0.3) is 11.1 Å². The molecule has 0 radical (unpaired) electrons. The van der Waals surface area contributed by atoms with E-state index in [2.05, 4.69) is 21.2 Å². The smallest absolute Gasteiger partial charge is 0.337 e. The maximum atomic E-state index is 12.7. The lowest BCUT2D eigenvalue weighted by Crippen LogP contribution is -2.36. The lowest BCUT2D eigenvalue weighted by molar-refractivity contribution is -0.127. The molecule has 0 unspecified atom stereocenters. The third-order valence-electron chi connectivity index (χ3n) is 4.68. The number of carbonyl (C=O) groups is 4. The van der Waals surface area contributed by atoms with E-state index in [4.69, 9.17) is 16.0 Å². The van der Waals surface area contributed by atoms with E-state index < -0.39 is 29.6 Å². The summed E-state index contributed by atoms with van der Waals surface area (Å²) in [6.45, 7) is -0.426. The Hall–Kier alpha value is -3.34. The van der Waals surface area contributed by atoms with Gasteiger partial charge in [-0.2, -0.15) is 0 Å². The zero-order valence-corrected chi connectivity index (χ0v) is 20.2. The van der Waals surface area contributed by atoms with Crippen molar-refractivity contribution in [3.63, 3.8) is 0 Å². The first-order valence-corrected chi connectivity index (χ1v) is 11.6. The highest BCUT2D eigenvalue weighted by molar-refractivity contribution is 9.10. The van der Waals surface area contributed by atoms with Crippen LogP contribution < -0.4 is 5.32 Å². The summed E-state index contributed by atoms with van der Waals surface area (Å²) in [6.07, 6.45) is 1.40. The maximum absolute atomic E-state index is 12.7. The normalized spacial score (nSPS) is 14.6. The molecule has 0 atom stereocenters. The van der Waals surface area contributed by atoms with E-state index in [0.29, 0.717) is 28.8 Å². The topological polar surface area (TPSA) is 117 Å². The Labute approximate surface area is 210 Å². The van der Waals surface area contributed by atoms with Gasteiger partial charge in [-0.05, 0) is 66.4 Å². The molecule has 1 aliphatic rings. The largest absolute Gasteiger partial charge is 0.478 e. The van der Waals surface area contributed by atoms with Gasteiger partial charge in [0.05, 0.1) is 15.5 Å². The number of carbonyl (C=O) groups excluding carboxylic acids is 3. The van der Waals surface area contributed by atoms with Crippen molar-refractivity contribution in [1.29, 1.82) is 0 Å². The number of anilines is 1. The molecule has 3 amide bonds. The van der Waals surface area contributed by atoms with Crippen LogP contribution in [0.2, 0.25) is 5.02 Å². The second-order valence-corrected chi connectivity index (χ2v) is 9.34. The summed E-state index contributed by atoms with van der Waals surface area (Å²) in [6, 6.07) is 14.5. The SMILES string of the molecule is O=C(CN1C(=O)S/C(=C/c2ccc(-c3ccc(Cl)c(C(=O)O)c3)o2)C1=O)Nc1ccc(Br)cc1. The number of nitrogens with zero attached hydrogens (tertiary/aromatic N) is 1. The third-order valence-corrected chi connectivity index (χ3v) is 6.45. The Morgan fingerprint density at radius 2 is 1.85 bits per heavy atom. The van der Waals surface area contributed by atoms with E-state index in [1.165, 1.54) is 18.2 Å². The van der Waals surface area contributed by atoms with Crippen molar-refractivity contribution in [3.05, 3.63) is 80.3 Å². The van der Waals surface area contributed by atoms with Crippen LogP contribution in [0.1, 0.15) is 16.1 Å². The van der Waals surface area contributed by atoms with E-state index in [9.17, 15) is 24.3 Å². The Morgan fingerprint density at radius 3 is 2.56 bits per heavy atom. The molecule has 11 heteroatoms. The Kier molecular flexibility index (Phi) is 6.92. The number of carboxylic acid groups (broad SMARTS) is 1. The molecule has 172 valence electrons. The highest BCUT2D eigenvalue weighted by atomic mass is 79.9. The highest BCUT2D eigenvalue weighted by Gasteiger charge is 2.36. The quantitative estimate of drug-likeness (QED) is 0.369. The van der Waals surface area contributed by atoms with Crippen LogP contribution in [0, 0.1) is 0 Å². The molecular weight excluding hydrogens is 548 g/mol. The average molecular weight is 562 g/mol. The molecule has 2 N–H and O–H groups in total. The lowest BCUT2D eigenvalue weighted by atomic mass is 10.1. The lowest BCUT2D eigenvalue weighted by Gasteiger charge is -2.12. The summed E-state index contributed by atoms with van der Waals surface area (Å²) in [5.74, 6) is -1.65. The fraction of sp³-hybridized carbons (Fsp3) is 0.0435. The number of aromatic carboxylic acids is 1. The van der Waals surface area contributed by atoms with Gasteiger partial charge in [-0.1, -0.05) is 27.5 Å². The zero-order valence-electron chi connectivity index (χ0n) is 17.1. The van der Waals surface area contributed by atoms with Crippen molar-refractivity contribution in [2.75, 3.05) is 11.9 Å². The number of amides is 3. The molecule has 4 rings (SSSR count). The first-order chi connectivity index (χ1) is 16.2. The van der Waals surface area contributed by atoms with E-state index in [1.807, 2.05) is 0 Å². The van der Waals surface area contributed by atoms with Crippen LogP contribution in [0.3, 0.4) is 0 Å². The van der Waals surface area contributed by atoms with Crippen LogP contribution in [0.25, 0.3) is 17.4 Å². The van der Waals surface area contributed by atoms with Gasteiger partial charge in [-0.15, -0.1) is 0 Å². The van der Waals surface area contributed by atoms with Crippen molar-refractivity contribution >= 4 is 74.1 Å². The molecule has 0 saturated carbocycles. The summed E-state index contributed by atoms with van der Waals surface area (Å²) in [4.78, 5) is 49.6. The molecule has 2 heterocycles. The predicted octanol–water partition coefficient (Wildman–Crippen LogP) is 5.74. The number of nitrogens with one attached hydrogen (secondary N) is 1. The number of hydrogen-bond acceptors (Lipinski definition) is 6. The standard InChI is InChI=1S/C23H14BrClN2O6S/c24-13-2-4-14(5-3-13)26-20(28)11-27-21(29)19(34-23(27)32)10-15-6-8-18(33-15)12-1-7-17(25)16(9-12)22(30)31/h1-10H,11H2,(H,26,28)(H,30,31)/b19-10+. The van der Waals surface area contributed by atoms with Crippen LogP contribution in [-0.4, -0.2) is 39.6 Å². The molecule has 8 nitrogen and oxygen atoms in total. The van der Waals surface area contributed by atoms with Crippen molar-refractivity contribution in [2.45, 2.75) is 0 Å². The molecule has 1 saturated heterocycles. The number of hydrogen-bond donors (Lipinski definition) is 2. The summed E-state index contributed by atoms with van der Waals surface area (Å²) in [7, 11) is 0. The van der Waals surface area contributed by atoms with Gasteiger partial charge >= 0.3 is 5.97 Å². The Balaban J connectivity index is 1.47. The number of furan rings is 1.